The van der Waals surface area contributed by atoms with Gasteiger partial charge < -0.3 is 5.32 Å². The van der Waals surface area contributed by atoms with E-state index in [9.17, 15) is 0 Å². The van der Waals surface area contributed by atoms with Crippen LogP contribution in [0.25, 0.3) is 0 Å². The second-order valence-electron chi connectivity index (χ2n) is 5.78. The maximum Gasteiger partial charge on any atom is 0.0411 e. The molecule has 1 nitrogen and oxygen atoms in total. The second kappa shape index (κ2) is 6.63. The molecule has 18 heavy (non-hydrogen) atoms. The summed E-state index contributed by atoms with van der Waals surface area (Å²) in [5, 5.41) is 4.46. The van der Waals surface area contributed by atoms with Gasteiger partial charge in [-0.25, -0.2) is 0 Å². The standard InChI is InChI=1S/C16H25NS/c1-12(2)10-14-4-6-15(7-5-14)16-11-18-13(3)8-9-17-16/h4-7,12-13,16-17H,8-11H2,1-3H3. The van der Waals surface area contributed by atoms with Crippen molar-refractivity contribution in [1.29, 1.82) is 0 Å². The first-order chi connectivity index (χ1) is 8.65. The molecule has 1 aliphatic heterocycles. The van der Waals surface area contributed by atoms with Crippen LogP contribution in [0.3, 0.4) is 0 Å². The molecule has 2 rings (SSSR count). The van der Waals surface area contributed by atoms with Crippen molar-refractivity contribution in [3.8, 4) is 0 Å². The monoisotopic (exact) mass is 263 g/mol. The first-order valence-corrected chi connectivity index (χ1v) is 8.14. The van der Waals surface area contributed by atoms with E-state index in [4.69, 9.17) is 0 Å². The van der Waals surface area contributed by atoms with E-state index in [1.165, 1.54) is 29.7 Å². The van der Waals surface area contributed by atoms with Crippen molar-refractivity contribution in [3.63, 3.8) is 0 Å². The molecule has 1 aromatic carbocycles. The van der Waals surface area contributed by atoms with Crippen molar-refractivity contribution in [1.82, 2.24) is 5.32 Å². The summed E-state index contributed by atoms with van der Waals surface area (Å²) in [5.41, 5.74) is 2.91. The van der Waals surface area contributed by atoms with Crippen LogP contribution in [0.2, 0.25) is 0 Å². The van der Waals surface area contributed by atoms with Crippen LogP contribution in [0.15, 0.2) is 24.3 Å². The van der Waals surface area contributed by atoms with Gasteiger partial charge >= 0.3 is 0 Å². The first-order valence-electron chi connectivity index (χ1n) is 7.09. The molecule has 1 saturated heterocycles. The first kappa shape index (κ1) is 14.0. The van der Waals surface area contributed by atoms with Crippen LogP contribution in [0.4, 0.5) is 0 Å². The molecule has 1 N–H and O–H groups in total. The molecule has 1 aromatic rings. The van der Waals surface area contributed by atoms with E-state index < -0.39 is 0 Å². The summed E-state index contributed by atoms with van der Waals surface area (Å²) < 4.78 is 0. The van der Waals surface area contributed by atoms with E-state index in [0.29, 0.717) is 6.04 Å². The lowest BCUT2D eigenvalue weighted by Crippen LogP contribution is -2.22. The summed E-state index contributed by atoms with van der Waals surface area (Å²) in [7, 11) is 0. The molecule has 0 aliphatic carbocycles. The third-order valence-electron chi connectivity index (χ3n) is 3.52. The number of benzene rings is 1. The summed E-state index contributed by atoms with van der Waals surface area (Å²) in [5.74, 6) is 1.94. The minimum absolute atomic E-state index is 0.535. The molecule has 1 aliphatic rings. The van der Waals surface area contributed by atoms with Crippen molar-refractivity contribution in [2.24, 2.45) is 5.92 Å². The molecule has 0 amide bonds. The Morgan fingerprint density at radius 2 is 2.00 bits per heavy atom. The van der Waals surface area contributed by atoms with Crippen LogP contribution in [-0.4, -0.2) is 17.5 Å². The molecule has 1 heterocycles. The maximum absolute atomic E-state index is 3.67. The largest absolute Gasteiger partial charge is 0.309 e. The summed E-state index contributed by atoms with van der Waals surface area (Å²) in [4.78, 5) is 0. The van der Waals surface area contributed by atoms with Gasteiger partial charge in [0.2, 0.25) is 0 Å². The Morgan fingerprint density at radius 1 is 1.28 bits per heavy atom. The van der Waals surface area contributed by atoms with Crippen molar-refractivity contribution in [2.45, 2.75) is 44.9 Å². The number of hydrogen-bond donors (Lipinski definition) is 1. The summed E-state index contributed by atoms with van der Waals surface area (Å²) >= 11 is 2.09. The van der Waals surface area contributed by atoms with E-state index in [0.717, 1.165) is 17.7 Å². The van der Waals surface area contributed by atoms with Crippen LogP contribution >= 0.6 is 11.8 Å². The highest BCUT2D eigenvalue weighted by molar-refractivity contribution is 7.99. The van der Waals surface area contributed by atoms with E-state index in [1.54, 1.807) is 0 Å². The van der Waals surface area contributed by atoms with E-state index >= 15 is 0 Å². The SMILES string of the molecule is CC(C)Cc1ccc(C2CSC(C)CCN2)cc1. The van der Waals surface area contributed by atoms with Crippen LogP contribution < -0.4 is 5.32 Å². The predicted octanol–water partition coefficient (Wildman–Crippen LogP) is 4.04. The number of thioether (sulfide) groups is 1. The van der Waals surface area contributed by atoms with E-state index in [1.807, 2.05) is 0 Å². The van der Waals surface area contributed by atoms with Gasteiger partial charge in [0.25, 0.3) is 0 Å². The Kier molecular flexibility index (Phi) is 5.13. The highest BCUT2D eigenvalue weighted by atomic mass is 32.2. The third kappa shape index (κ3) is 4.03. The lowest BCUT2D eigenvalue weighted by atomic mass is 10.00. The smallest absolute Gasteiger partial charge is 0.0411 e. The van der Waals surface area contributed by atoms with Gasteiger partial charge in [-0.2, -0.15) is 11.8 Å². The molecule has 2 unspecified atom stereocenters. The van der Waals surface area contributed by atoms with Crippen LogP contribution in [0, 0.1) is 5.92 Å². The molecule has 0 aromatic heterocycles. The molecule has 2 atom stereocenters. The molecule has 0 saturated carbocycles. The Bertz CT molecular complexity index is 358. The fourth-order valence-electron chi connectivity index (χ4n) is 2.44. The van der Waals surface area contributed by atoms with Crippen LogP contribution in [0.1, 0.15) is 44.4 Å². The Morgan fingerprint density at radius 3 is 2.67 bits per heavy atom. The van der Waals surface area contributed by atoms with Crippen molar-refractivity contribution >= 4 is 11.8 Å². The summed E-state index contributed by atoms with van der Waals surface area (Å²) in [6.45, 7) is 8.03. The topological polar surface area (TPSA) is 12.0 Å². The van der Waals surface area contributed by atoms with Gasteiger partial charge in [0, 0.05) is 17.0 Å². The fourth-order valence-corrected chi connectivity index (χ4v) is 3.55. The van der Waals surface area contributed by atoms with Crippen LogP contribution in [0.5, 0.6) is 0 Å². The summed E-state index contributed by atoms with van der Waals surface area (Å²) in [6.07, 6.45) is 2.47. The highest BCUT2D eigenvalue weighted by Gasteiger charge is 2.17. The van der Waals surface area contributed by atoms with Gasteiger partial charge in [0.05, 0.1) is 0 Å². The average molecular weight is 263 g/mol. The second-order valence-corrected chi connectivity index (χ2v) is 7.25. The van der Waals surface area contributed by atoms with Crippen molar-refractivity contribution in [3.05, 3.63) is 35.4 Å². The minimum Gasteiger partial charge on any atom is -0.309 e. The lowest BCUT2D eigenvalue weighted by molar-refractivity contribution is 0.578. The number of nitrogens with one attached hydrogen (secondary N) is 1. The number of hydrogen-bond acceptors (Lipinski definition) is 2. The highest BCUT2D eigenvalue weighted by Crippen LogP contribution is 2.26. The van der Waals surface area contributed by atoms with Gasteiger partial charge in [-0.15, -0.1) is 0 Å². The Balaban J connectivity index is 2.00. The Labute approximate surface area is 116 Å². The molecule has 100 valence electrons. The molecular weight excluding hydrogens is 238 g/mol. The van der Waals surface area contributed by atoms with E-state index in [2.05, 4.69) is 62.1 Å². The molecular formula is C16H25NS. The molecule has 0 bridgehead atoms. The van der Waals surface area contributed by atoms with Crippen molar-refractivity contribution < 1.29 is 0 Å². The third-order valence-corrected chi connectivity index (χ3v) is 4.85. The predicted molar refractivity (Wildman–Crippen MR) is 82.3 cm³/mol. The normalized spacial score (nSPS) is 25.1. The summed E-state index contributed by atoms with van der Waals surface area (Å²) in [6, 6.07) is 9.76. The molecule has 0 spiro atoms. The van der Waals surface area contributed by atoms with Gasteiger partial charge in [-0.1, -0.05) is 45.0 Å². The van der Waals surface area contributed by atoms with Crippen LogP contribution in [-0.2, 0) is 6.42 Å². The van der Waals surface area contributed by atoms with Gasteiger partial charge in [-0.05, 0) is 36.4 Å². The zero-order valence-electron chi connectivity index (χ0n) is 11.8. The zero-order chi connectivity index (χ0) is 13.0. The number of rotatable bonds is 3. The lowest BCUT2D eigenvalue weighted by Gasteiger charge is -2.16. The molecule has 1 fully saturated rings. The van der Waals surface area contributed by atoms with Gasteiger partial charge in [0.15, 0.2) is 0 Å². The average Bonchev–Trinajstić information content (AvgIpc) is 2.54. The van der Waals surface area contributed by atoms with Crippen molar-refractivity contribution in [2.75, 3.05) is 12.3 Å². The quantitative estimate of drug-likeness (QED) is 0.883. The van der Waals surface area contributed by atoms with Gasteiger partial charge in [0.1, 0.15) is 0 Å². The zero-order valence-corrected chi connectivity index (χ0v) is 12.6. The fraction of sp³-hybridized carbons (Fsp3) is 0.625. The molecule has 2 heteroatoms. The van der Waals surface area contributed by atoms with E-state index in [-0.39, 0.29) is 0 Å². The molecule has 0 radical (unpaired) electrons. The van der Waals surface area contributed by atoms with Gasteiger partial charge in [-0.3, -0.25) is 0 Å². The maximum atomic E-state index is 3.67. The minimum atomic E-state index is 0.535. The Hall–Kier alpha value is -0.470.